The van der Waals surface area contributed by atoms with Crippen molar-refractivity contribution in [2.45, 2.75) is 12.8 Å². The lowest BCUT2D eigenvalue weighted by atomic mass is 10.1. The van der Waals surface area contributed by atoms with Gasteiger partial charge in [0.2, 0.25) is 0 Å². The SMILES string of the molecule is COc1ccc(CCC(=O)C[S@](C)=O)cc1OC. The molecule has 0 saturated carbocycles. The first-order valence-corrected chi connectivity index (χ1v) is 7.32. The van der Waals surface area contributed by atoms with E-state index in [1.54, 1.807) is 14.2 Å². The van der Waals surface area contributed by atoms with E-state index in [2.05, 4.69) is 0 Å². The van der Waals surface area contributed by atoms with Crippen LogP contribution in [0.4, 0.5) is 0 Å². The number of aryl methyl sites for hydroxylation is 1. The van der Waals surface area contributed by atoms with Crippen molar-refractivity contribution in [1.82, 2.24) is 0 Å². The van der Waals surface area contributed by atoms with E-state index in [0.717, 1.165) is 5.56 Å². The Labute approximate surface area is 110 Å². The van der Waals surface area contributed by atoms with Crippen LogP contribution in [0.3, 0.4) is 0 Å². The van der Waals surface area contributed by atoms with Crippen molar-refractivity contribution >= 4 is 16.6 Å². The lowest BCUT2D eigenvalue weighted by Crippen LogP contribution is -2.10. The second-order valence-corrected chi connectivity index (χ2v) is 5.38. The molecule has 100 valence electrons. The summed E-state index contributed by atoms with van der Waals surface area (Å²) in [5.41, 5.74) is 1.00. The highest BCUT2D eigenvalue weighted by atomic mass is 32.2. The fourth-order valence-electron chi connectivity index (χ4n) is 1.62. The highest BCUT2D eigenvalue weighted by molar-refractivity contribution is 7.85. The smallest absolute Gasteiger partial charge is 0.160 e. The first-order chi connectivity index (χ1) is 8.56. The maximum absolute atomic E-state index is 11.5. The molecule has 0 heterocycles. The minimum atomic E-state index is -1.06. The molecule has 0 aliphatic heterocycles. The molecule has 0 spiro atoms. The minimum absolute atomic E-state index is 0.0191. The van der Waals surface area contributed by atoms with E-state index >= 15 is 0 Å². The summed E-state index contributed by atoms with van der Waals surface area (Å²) in [7, 11) is 2.10. The van der Waals surface area contributed by atoms with Crippen molar-refractivity contribution in [2.24, 2.45) is 0 Å². The van der Waals surface area contributed by atoms with Crippen LogP contribution < -0.4 is 9.47 Å². The number of ether oxygens (including phenoxy) is 2. The lowest BCUT2D eigenvalue weighted by molar-refractivity contribution is -0.116. The second-order valence-electron chi connectivity index (χ2n) is 3.95. The van der Waals surface area contributed by atoms with Gasteiger partial charge in [0.15, 0.2) is 11.5 Å². The minimum Gasteiger partial charge on any atom is -0.493 e. The third-order valence-corrected chi connectivity index (χ3v) is 3.23. The Morgan fingerprint density at radius 3 is 2.44 bits per heavy atom. The maximum atomic E-state index is 11.5. The number of ketones is 1. The summed E-state index contributed by atoms with van der Waals surface area (Å²) in [6.45, 7) is 0. The van der Waals surface area contributed by atoms with Crippen LogP contribution in [0, 0.1) is 0 Å². The summed E-state index contributed by atoms with van der Waals surface area (Å²) in [6, 6.07) is 5.57. The molecule has 0 aliphatic rings. The zero-order valence-electron chi connectivity index (χ0n) is 10.9. The Kier molecular flexibility index (Phi) is 5.85. The number of methoxy groups -OCH3 is 2. The zero-order valence-corrected chi connectivity index (χ0v) is 11.7. The molecule has 0 N–H and O–H groups in total. The first kappa shape index (κ1) is 14.7. The fourth-order valence-corrected chi connectivity index (χ4v) is 2.22. The van der Waals surface area contributed by atoms with Gasteiger partial charge in [-0.05, 0) is 24.1 Å². The molecule has 1 atom stereocenters. The van der Waals surface area contributed by atoms with Crippen LogP contribution in [0.2, 0.25) is 0 Å². The Morgan fingerprint density at radius 2 is 1.89 bits per heavy atom. The Balaban J connectivity index is 2.63. The fraction of sp³-hybridized carbons (Fsp3) is 0.462. The molecule has 0 aliphatic carbocycles. The molecule has 18 heavy (non-hydrogen) atoms. The highest BCUT2D eigenvalue weighted by Crippen LogP contribution is 2.27. The summed E-state index contributed by atoms with van der Waals surface area (Å²) < 4.78 is 21.2. The van der Waals surface area contributed by atoms with Crippen LogP contribution in [-0.4, -0.2) is 36.2 Å². The van der Waals surface area contributed by atoms with E-state index in [4.69, 9.17) is 9.47 Å². The van der Waals surface area contributed by atoms with Gasteiger partial charge in [-0.1, -0.05) is 6.07 Å². The van der Waals surface area contributed by atoms with Gasteiger partial charge in [0.25, 0.3) is 0 Å². The predicted molar refractivity (Wildman–Crippen MR) is 71.8 cm³/mol. The molecule has 0 bridgehead atoms. The third-order valence-electron chi connectivity index (χ3n) is 2.50. The quantitative estimate of drug-likeness (QED) is 0.755. The molecule has 4 nitrogen and oxygen atoms in total. The Hall–Kier alpha value is -1.36. The van der Waals surface area contributed by atoms with Crippen molar-refractivity contribution in [3.05, 3.63) is 23.8 Å². The maximum Gasteiger partial charge on any atom is 0.160 e. The van der Waals surface area contributed by atoms with Crippen LogP contribution in [0.1, 0.15) is 12.0 Å². The van der Waals surface area contributed by atoms with Crippen molar-refractivity contribution in [1.29, 1.82) is 0 Å². The molecule has 0 saturated heterocycles. The van der Waals surface area contributed by atoms with Gasteiger partial charge < -0.3 is 9.47 Å². The molecule has 5 heteroatoms. The molecule has 1 rings (SSSR count). The van der Waals surface area contributed by atoms with Gasteiger partial charge in [-0.15, -0.1) is 0 Å². The summed E-state index contributed by atoms with van der Waals surface area (Å²) in [4.78, 5) is 11.5. The average Bonchev–Trinajstić information content (AvgIpc) is 2.35. The van der Waals surface area contributed by atoms with E-state index in [1.165, 1.54) is 6.26 Å². The van der Waals surface area contributed by atoms with Crippen LogP contribution in [0.5, 0.6) is 11.5 Å². The normalized spacial score (nSPS) is 11.9. The standard InChI is InChI=1S/C13H18O4S/c1-16-12-7-5-10(8-13(12)17-2)4-6-11(14)9-18(3)15/h5,7-8H,4,6,9H2,1-3H3/t18-/m0/s1. The highest BCUT2D eigenvalue weighted by Gasteiger charge is 2.08. The monoisotopic (exact) mass is 270 g/mol. The largest absolute Gasteiger partial charge is 0.493 e. The number of hydrogen-bond donors (Lipinski definition) is 0. The first-order valence-electron chi connectivity index (χ1n) is 5.59. The van der Waals surface area contributed by atoms with Crippen molar-refractivity contribution in [3.8, 4) is 11.5 Å². The van der Waals surface area contributed by atoms with Crippen LogP contribution in [0.25, 0.3) is 0 Å². The van der Waals surface area contributed by atoms with Gasteiger partial charge in [-0.3, -0.25) is 9.00 Å². The molecule has 0 amide bonds. The third kappa shape index (κ3) is 4.49. The van der Waals surface area contributed by atoms with Gasteiger partial charge >= 0.3 is 0 Å². The number of benzene rings is 1. The molecular formula is C13H18O4S. The van der Waals surface area contributed by atoms with Gasteiger partial charge in [-0.2, -0.15) is 0 Å². The van der Waals surface area contributed by atoms with Gasteiger partial charge in [0, 0.05) is 23.5 Å². The predicted octanol–water partition coefficient (Wildman–Crippen LogP) is 1.58. The van der Waals surface area contributed by atoms with Crippen LogP contribution in [0.15, 0.2) is 18.2 Å². The van der Waals surface area contributed by atoms with E-state index in [1.807, 2.05) is 18.2 Å². The average molecular weight is 270 g/mol. The van der Waals surface area contributed by atoms with Gasteiger partial charge in [0.1, 0.15) is 5.78 Å². The number of hydrogen-bond acceptors (Lipinski definition) is 4. The number of carbonyl (C=O) groups excluding carboxylic acids is 1. The van der Waals surface area contributed by atoms with E-state index in [-0.39, 0.29) is 11.5 Å². The van der Waals surface area contributed by atoms with Gasteiger partial charge in [0.05, 0.1) is 20.0 Å². The van der Waals surface area contributed by atoms with Crippen molar-refractivity contribution in [2.75, 3.05) is 26.2 Å². The van der Waals surface area contributed by atoms with Crippen LogP contribution in [-0.2, 0) is 22.0 Å². The Bertz CT molecular complexity index is 443. The molecule has 1 aromatic rings. The molecule has 0 radical (unpaired) electrons. The number of Topliss-reactive ketones (excluding diaryl/α,β-unsaturated/α-hetero) is 1. The molecule has 0 unspecified atom stereocenters. The number of rotatable bonds is 7. The summed E-state index contributed by atoms with van der Waals surface area (Å²) in [5.74, 6) is 1.47. The second kappa shape index (κ2) is 7.16. The van der Waals surface area contributed by atoms with E-state index < -0.39 is 10.8 Å². The van der Waals surface area contributed by atoms with Crippen molar-refractivity contribution in [3.63, 3.8) is 0 Å². The summed E-state index contributed by atoms with van der Waals surface area (Å²) in [5, 5.41) is 0. The van der Waals surface area contributed by atoms with E-state index in [0.29, 0.717) is 24.3 Å². The molecule has 1 aromatic carbocycles. The molecule has 0 fully saturated rings. The van der Waals surface area contributed by atoms with Crippen LogP contribution >= 0.6 is 0 Å². The summed E-state index contributed by atoms with van der Waals surface area (Å²) in [6.07, 6.45) is 2.56. The van der Waals surface area contributed by atoms with E-state index in [9.17, 15) is 9.00 Å². The molecule has 0 aromatic heterocycles. The Morgan fingerprint density at radius 1 is 1.22 bits per heavy atom. The molecular weight excluding hydrogens is 252 g/mol. The number of carbonyl (C=O) groups is 1. The summed E-state index contributed by atoms with van der Waals surface area (Å²) >= 11 is 0. The lowest BCUT2D eigenvalue weighted by Gasteiger charge is -2.09. The topological polar surface area (TPSA) is 52.6 Å². The van der Waals surface area contributed by atoms with Gasteiger partial charge in [-0.25, -0.2) is 0 Å². The zero-order chi connectivity index (χ0) is 13.5. The van der Waals surface area contributed by atoms with Crippen molar-refractivity contribution < 1.29 is 18.5 Å².